The molecule has 1 aromatic carbocycles. The summed E-state index contributed by atoms with van der Waals surface area (Å²) in [5.74, 6) is -0.630. The van der Waals surface area contributed by atoms with Crippen molar-refractivity contribution in [3.8, 4) is 0 Å². The van der Waals surface area contributed by atoms with E-state index >= 15 is 0 Å². The molecular formula is C20H27N5O4S. The van der Waals surface area contributed by atoms with Gasteiger partial charge in [-0.25, -0.2) is 13.4 Å². The lowest BCUT2D eigenvalue weighted by atomic mass is 10.1. The molecule has 30 heavy (non-hydrogen) atoms. The number of hydrogen-bond acceptors (Lipinski definition) is 7. The zero-order valence-corrected chi connectivity index (χ0v) is 17.9. The number of amides is 2. The van der Waals surface area contributed by atoms with Gasteiger partial charge in [0.1, 0.15) is 5.71 Å². The zero-order chi connectivity index (χ0) is 21.3. The van der Waals surface area contributed by atoms with Crippen molar-refractivity contribution in [2.24, 2.45) is 5.10 Å². The fourth-order valence-corrected chi connectivity index (χ4v) is 5.70. The highest BCUT2D eigenvalue weighted by atomic mass is 32.2. The molecule has 0 aliphatic carbocycles. The van der Waals surface area contributed by atoms with E-state index in [1.54, 1.807) is 0 Å². The second kappa shape index (κ2) is 8.35. The monoisotopic (exact) mass is 433 g/mol. The minimum atomic E-state index is -3.14. The molecule has 3 aliphatic rings. The van der Waals surface area contributed by atoms with Crippen molar-refractivity contribution >= 4 is 38.7 Å². The maximum atomic E-state index is 12.7. The first-order valence-corrected chi connectivity index (χ1v) is 12.1. The Morgan fingerprint density at radius 1 is 1.10 bits per heavy atom. The van der Waals surface area contributed by atoms with Crippen molar-refractivity contribution in [2.45, 2.75) is 25.3 Å². The van der Waals surface area contributed by atoms with E-state index in [4.69, 9.17) is 0 Å². The van der Waals surface area contributed by atoms with E-state index in [0.717, 1.165) is 31.9 Å². The minimum Gasteiger partial charge on any atom is -0.369 e. The minimum absolute atomic E-state index is 0.0537. The van der Waals surface area contributed by atoms with Crippen LogP contribution in [-0.2, 0) is 19.4 Å². The van der Waals surface area contributed by atoms with Gasteiger partial charge < -0.3 is 15.1 Å². The quantitative estimate of drug-likeness (QED) is 0.744. The van der Waals surface area contributed by atoms with Crippen molar-refractivity contribution in [3.05, 3.63) is 24.3 Å². The number of nitrogens with zero attached hydrogens (tertiary/aromatic N) is 4. The average Bonchev–Trinajstić information content (AvgIpc) is 3.09. The first-order chi connectivity index (χ1) is 14.3. The summed E-state index contributed by atoms with van der Waals surface area (Å²) in [5.41, 5.74) is 2.03. The Bertz CT molecular complexity index is 952. The van der Waals surface area contributed by atoms with Gasteiger partial charge in [0.15, 0.2) is 9.84 Å². The van der Waals surface area contributed by atoms with Gasteiger partial charge in [-0.05, 0) is 37.7 Å². The first kappa shape index (κ1) is 20.8. The Balaban J connectivity index is 1.40. The van der Waals surface area contributed by atoms with Crippen LogP contribution in [0.4, 0.5) is 11.4 Å². The van der Waals surface area contributed by atoms with Gasteiger partial charge in [0.05, 0.1) is 17.5 Å². The highest BCUT2D eigenvalue weighted by Crippen LogP contribution is 2.23. The molecule has 0 bridgehead atoms. The second-order valence-corrected chi connectivity index (χ2v) is 10.4. The van der Waals surface area contributed by atoms with Crippen LogP contribution in [0.25, 0.3) is 0 Å². The van der Waals surface area contributed by atoms with Crippen LogP contribution in [0.15, 0.2) is 29.4 Å². The lowest BCUT2D eigenvalue weighted by Gasteiger charge is -2.34. The van der Waals surface area contributed by atoms with Crippen molar-refractivity contribution in [2.75, 3.05) is 54.9 Å². The van der Waals surface area contributed by atoms with Gasteiger partial charge in [-0.15, -0.1) is 0 Å². The molecule has 0 radical (unpaired) electrons. The van der Waals surface area contributed by atoms with Gasteiger partial charge in [0.25, 0.3) is 5.91 Å². The maximum absolute atomic E-state index is 12.7. The van der Waals surface area contributed by atoms with Crippen LogP contribution < -0.4 is 10.2 Å². The van der Waals surface area contributed by atoms with Gasteiger partial charge in [0, 0.05) is 50.4 Å². The van der Waals surface area contributed by atoms with Crippen molar-refractivity contribution in [3.63, 3.8) is 0 Å². The fraction of sp³-hybridized carbons (Fsp3) is 0.550. The van der Waals surface area contributed by atoms with Crippen LogP contribution in [0, 0.1) is 0 Å². The Labute approximate surface area is 176 Å². The van der Waals surface area contributed by atoms with Gasteiger partial charge >= 0.3 is 0 Å². The number of nitrogens with one attached hydrogen (secondary N) is 1. The molecule has 4 rings (SSSR count). The lowest BCUT2D eigenvalue weighted by Crippen LogP contribution is -2.44. The molecule has 0 unspecified atom stereocenters. The number of rotatable bonds is 4. The number of hydrogen-bond donors (Lipinski definition) is 1. The van der Waals surface area contributed by atoms with Crippen molar-refractivity contribution in [1.82, 2.24) is 9.91 Å². The topological polar surface area (TPSA) is 102 Å². The smallest absolute Gasteiger partial charge is 0.271 e. The number of carbonyl (C=O) groups excluding carboxylic acids is 2. The summed E-state index contributed by atoms with van der Waals surface area (Å²) in [7, 11) is -1.03. The molecule has 162 valence electrons. The second-order valence-electron chi connectivity index (χ2n) is 8.13. The van der Waals surface area contributed by atoms with E-state index in [1.165, 1.54) is 5.01 Å². The van der Waals surface area contributed by atoms with E-state index in [0.29, 0.717) is 12.1 Å². The summed E-state index contributed by atoms with van der Waals surface area (Å²) in [6.45, 7) is 3.99. The number of sulfone groups is 1. The molecule has 0 spiro atoms. The van der Waals surface area contributed by atoms with E-state index in [9.17, 15) is 18.0 Å². The van der Waals surface area contributed by atoms with E-state index in [1.807, 2.05) is 24.3 Å². The average molecular weight is 434 g/mol. The van der Waals surface area contributed by atoms with E-state index < -0.39 is 15.9 Å². The molecular weight excluding hydrogens is 406 g/mol. The van der Waals surface area contributed by atoms with Crippen LogP contribution in [0.3, 0.4) is 0 Å². The molecule has 2 fully saturated rings. The summed E-state index contributed by atoms with van der Waals surface area (Å²) < 4.78 is 23.5. The van der Waals surface area contributed by atoms with E-state index in [2.05, 4.69) is 27.3 Å². The highest BCUT2D eigenvalue weighted by Gasteiger charge is 2.37. The normalized spacial score (nSPS) is 24.6. The molecule has 10 heteroatoms. The predicted octanol–water partition coefficient (Wildman–Crippen LogP) is 0.542. The molecule has 3 heterocycles. The number of benzene rings is 1. The molecule has 1 atom stereocenters. The zero-order valence-electron chi connectivity index (χ0n) is 17.1. The molecule has 2 amide bonds. The summed E-state index contributed by atoms with van der Waals surface area (Å²) in [6, 6.07) is 7.22. The number of likely N-dealkylation sites (N-methyl/N-ethyl adjacent to an activating group) is 1. The standard InChI is InChI=1S/C20H27N5O4S/c1-23-9-11-24(12-10-23)16-4-2-15(3-5-16)21-20(27)18-6-7-19(26)25(22-18)17-8-13-30(28,29)14-17/h2-5,17H,6-14H2,1H3,(H,21,27)/t17-/m0/s1. The third-order valence-corrected chi connectivity index (χ3v) is 7.62. The lowest BCUT2D eigenvalue weighted by molar-refractivity contribution is -0.133. The molecule has 1 aromatic rings. The van der Waals surface area contributed by atoms with Gasteiger partial charge in [-0.3, -0.25) is 9.59 Å². The summed E-state index contributed by atoms with van der Waals surface area (Å²) in [4.78, 5) is 29.5. The largest absolute Gasteiger partial charge is 0.369 e. The molecule has 9 nitrogen and oxygen atoms in total. The first-order valence-electron chi connectivity index (χ1n) is 10.3. The third-order valence-electron chi connectivity index (χ3n) is 5.87. The highest BCUT2D eigenvalue weighted by molar-refractivity contribution is 7.91. The summed E-state index contributed by atoms with van der Waals surface area (Å²) >= 11 is 0. The van der Waals surface area contributed by atoms with Crippen LogP contribution in [-0.4, -0.2) is 86.6 Å². The third kappa shape index (κ3) is 4.65. The Morgan fingerprint density at radius 2 is 1.80 bits per heavy atom. The molecule has 2 saturated heterocycles. The number of piperazine rings is 1. The Hall–Kier alpha value is -2.46. The van der Waals surface area contributed by atoms with Gasteiger partial charge in [0.2, 0.25) is 5.91 Å². The SMILES string of the molecule is CN1CCN(c2ccc(NC(=O)C3=NN([C@H]4CCS(=O)(=O)C4)C(=O)CC3)cc2)CC1. The van der Waals surface area contributed by atoms with E-state index in [-0.39, 0.29) is 41.9 Å². The van der Waals surface area contributed by atoms with Crippen LogP contribution in [0.5, 0.6) is 0 Å². The van der Waals surface area contributed by atoms with Gasteiger partial charge in [-0.2, -0.15) is 5.10 Å². The number of carbonyl (C=O) groups is 2. The molecule has 0 saturated carbocycles. The molecule has 0 aromatic heterocycles. The van der Waals surface area contributed by atoms with Gasteiger partial charge in [-0.1, -0.05) is 0 Å². The Morgan fingerprint density at radius 3 is 2.43 bits per heavy atom. The Kier molecular flexibility index (Phi) is 5.79. The predicted molar refractivity (Wildman–Crippen MR) is 115 cm³/mol. The molecule has 3 aliphatic heterocycles. The van der Waals surface area contributed by atoms with Crippen LogP contribution >= 0.6 is 0 Å². The summed E-state index contributed by atoms with van der Waals surface area (Å²) in [6.07, 6.45) is 0.769. The molecule has 1 N–H and O–H groups in total. The number of anilines is 2. The van der Waals surface area contributed by atoms with Crippen LogP contribution in [0.1, 0.15) is 19.3 Å². The number of hydrazone groups is 1. The van der Waals surface area contributed by atoms with Crippen molar-refractivity contribution in [1.29, 1.82) is 0 Å². The van der Waals surface area contributed by atoms with Crippen molar-refractivity contribution < 1.29 is 18.0 Å². The summed E-state index contributed by atoms with van der Waals surface area (Å²) in [5, 5.41) is 8.26. The fourth-order valence-electron chi connectivity index (χ4n) is 4.01. The van der Waals surface area contributed by atoms with Crippen LogP contribution in [0.2, 0.25) is 0 Å². The maximum Gasteiger partial charge on any atom is 0.271 e.